The number of nitrogen functional groups attached to an aromatic ring is 1. The number of aliphatic hydroxyl groups excluding tert-OH is 1. The van der Waals surface area contributed by atoms with Gasteiger partial charge < -0.3 is 16.2 Å². The Morgan fingerprint density at radius 2 is 2.18 bits per heavy atom. The Kier molecular flexibility index (Phi) is 5.69. The van der Waals surface area contributed by atoms with Crippen LogP contribution in [0.15, 0.2) is 6.20 Å². The van der Waals surface area contributed by atoms with E-state index in [9.17, 15) is 0 Å². The van der Waals surface area contributed by atoms with Crippen LogP contribution >= 0.6 is 0 Å². The molecule has 0 bridgehead atoms. The first-order valence-corrected chi connectivity index (χ1v) is 6.20. The first-order chi connectivity index (χ1) is 8.21. The number of hydrogen-bond donors (Lipinski definition) is 3. The lowest BCUT2D eigenvalue weighted by Crippen LogP contribution is -2.22. The van der Waals surface area contributed by atoms with E-state index < -0.39 is 0 Å². The molecule has 1 atom stereocenters. The molecule has 0 radical (unpaired) electrons. The molecule has 5 heteroatoms. The van der Waals surface area contributed by atoms with E-state index in [1.165, 1.54) is 0 Å². The SMILES string of the molecule is CCCC(CCO)Nc1nc(N)ncc1CC. The zero-order valence-corrected chi connectivity index (χ0v) is 10.6. The van der Waals surface area contributed by atoms with Crippen molar-refractivity contribution in [2.75, 3.05) is 17.7 Å². The molecule has 1 aromatic rings. The summed E-state index contributed by atoms with van der Waals surface area (Å²) in [6, 6.07) is 0.240. The average Bonchev–Trinajstić information content (AvgIpc) is 2.30. The molecule has 1 rings (SSSR count). The normalized spacial score (nSPS) is 12.4. The molecule has 0 aliphatic carbocycles. The van der Waals surface area contributed by atoms with Gasteiger partial charge in [-0.05, 0) is 19.3 Å². The van der Waals surface area contributed by atoms with Crippen LogP contribution in [0.2, 0.25) is 0 Å². The summed E-state index contributed by atoms with van der Waals surface area (Å²) in [6.45, 7) is 4.36. The van der Waals surface area contributed by atoms with Crippen molar-refractivity contribution < 1.29 is 5.11 Å². The van der Waals surface area contributed by atoms with Crippen LogP contribution in [-0.4, -0.2) is 27.7 Å². The number of aliphatic hydroxyl groups is 1. The Bertz CT molecular complexity index is 337. The van der Waals surface area contributed by atoms with Crippen LogP contribution < -0.4 is 11.1 Å². The van der Waals surface area contributed by atoms with Gasteiger partial charge in [0.05, 0.1) is 0 Å². The molecule has 0 aliphatic heterocycles. The van der Waals surface area contributed by atoms with Crippen molar-refractivity contribution in [1.82, 2.24) is 9.97 Å². The molecule has 96 valence electrons. The standard InChI is InChI=1S/C12H22N4O/c1-3-5-10(6-7-17)15-11-9(4-2)8-14-12(13)16-11/h8,10,17H,3-7H2,1-2H3,(H3,13,14,15,16). The van der Waals surface area contributed by atoms with Crippen LogP contribution in [-0.2, 0) is 6.42 Å². The van der Waals surface area contributed by atoms with Crippen LogP contribution in [0.5, 0.6) is 0 Å². The van der Waals surface area contributed by atoms with Gasteiger partial charge in [-0.2, -0.15) is 4.98 Å². The maximum absolute atomic E-state index is 9.02. The number of rotatable bonds is 7. The van der Waals surface area contributed by atoms with E-state index in [1.54, 1.807) is 6.20 Å². The maximum Gasteiger partial charge on any atom is 0.221 e. The fourth-order valence-corrected chi connectivity index (χ4v) is 1.79. The molecule has 4 N–H and O–H groups in total. The predicted octanol–water partition coefficient (Wildman–Crippen LogP) is 1.58. The number of nitrogens with two attached hydrogens (primary N) is 1. The zero-order valence-electron chi connectivity index (χ0n) is 10.6. The summed E-state index contributed by atoms with van der Waals surface area (Å²) >= 11 is 0. The first-order valence-electron chi connectivity index (χ1n) is 6.20. The molecule has 0 amide bonds. The molecule has 1 unspecified atom stereocenters. The van der Waals surface area contributed by atoms with Crippen molar-refractivity contribution in [2.45, 2.75) is 45.6 Å². The van der Waals surface area contributed by atoms with Crippen molar-refractivity contribution in [1.29, 1.82) is 0 Å². The summed E-state index contributed by atoms with van der Waals surface area (Å²) in [5.41, 5.74) is 6.65. The largest absolute Gasteiger partial charge is 0.396 e. The predicted molar refractivity (Wildman–Crippen MR) is 69.8 cm³/mol. The Labute approximate surface area is 102 Å². The minimum Gasteiger partial charge on any atom is -0.396 e. The highest BCUT2D eigenvalue weighted by molar-refractivity contribution is 5.46. The second-order valence-corrected chi connectivity index (χ2v) is 4.10. The molecule has 0 fully saturated rings. The van der Waals surface area contributed by atoms with Crippen molar-refractivity contribution in [2.24, 2.45) is 0 Å². The van der Waals surface area contributed by atoms with Crippen molar-refractivity contribution in [3.63, 3.8) is 0 Å². The highest BCUT2D eigenvalue weighted by atomic mass is 16.3. The molecular weight excluding hydrogens is 216 g/mol. The van der Waals surface area contributed by atoms with Crippen LogP contribution in [0, 0.1) is 0 Å². The molecule has 0 saturated carbocycles. The molecular formula is C12H22N4O. The summed E-state index contributed by atoms with van der Waals surface area (Å²) in [5, 5.41) is 12.4. The molecule has 0 aliphatic rings. The van der Waals surface area contributed by atoms with Gasteiger partial charge >= 0.3 is 0 Å². The van der Waals surface area contributed by atoms with Gasteiger partial charge in [0.1, 0.15) is 5.82 Å². The third-order valence-corrected chi connectivity index (χ3v) is 2.72. The summed E-state index contributed by atoms with van der Waals surface area (Å²) < 4.78 is 0. The summed E-state index contributed by atoms with van der Waals surface area (Å²) in [7, 11) is 0. The minimum absolute atomic E-state index is 0.180. The molecule has 0 saturated heterocycles. The molecule has 17 heavy (non-hydrogen) atoms. The van der Waals surface area contributed by atoms with Crippen molar-refractivity contribution in [3.05, 3.63) is 11.8 Å². The van der Waals surface area contributed by atoms with Gasteiger partial charge in [-0.3, -0.25) is 0 Å². The second kappa shape index (κ2) is 7.06. The lowest BCUT2D eigenvalue weighted by atomic mass is 10.1. The zero-order chi connectivity index (χ0) is 12.7. The first kappa shape index (κ1) is 13.7. The number of nitrogens with zero attached hydrogens (tertiary/aromatic N) is 2. The van der Waals surface area contributed by atoms with E-state index in [0.29, 0.717) is 0 Å². The van der Waals surface area contributed by atoms with Crippen LogP contribution in [0.1, 0.15) is 38.7 Å². The van der Waals surface area contributed by atoms with E-state index in [2.05, 4.69) is 29.1 Å². The fourth-order valence-electron chi connectivity index (χ4n) is 1.79. The van der Waals surface area contributed by atoms with Crippen LogP contribution in [0.4, 0.5) is 11.8 Å². The molecule has 1 aromatic heterocycles. The third kappa shape index (κ3) is 4.19. The lowest BCUT2D eigenvalue weighted by Gasteiger charge is -2.19. The Morgan fingerprint density at radius 3 is 2.76 bits per heavy atom. The second-order valence-electron chi connectivity index (χ2n) is 4.10. The van der Waals surface area contributed by atoms with E-state index in [0.717, 1.165) is 37.1 Å². The minimum atomic E-state index is 0.180. The highest BCUT2D eigenvalue weighted by Gasteiger charge is 2.11. The Balaban J connectivity index is 2.79. The maximum atomic E-state index is 9.02. The van der Waals surface area contributed by atoms with Crippen LogP contribution in [0.25, 0.3) is 0 Å². The molecule has 0 aromatic carbocycles. The van der Waals surface area contributed by atoms with Gasteiger partial charge in [0.25, 0.3) is 0 Å². The number of nitrogens with one attached hydrogen (secondary N) is 1. The van der Waals surface area contributed by atoms with E-state index >= 15 is 0 Å². The van der Waals surface area contributed by atoms with Gasteiger partial charge in [0.2, 0.25) is 5.95 Å². The molecule has 0 spiro atoms. The smallest absolute Gasteiger partial charge is 0.221 e. The quantitative estimate of drug-likeness (QED) is 0.671. The number of aryl methyl sites for hydroxylation is 1. The van der Waals surface area contributed by atoms with Crippen molar-refractivity contribution in [3.8, 4) is 0 Å². The third-order valence-electron chi connectivity index (χ3n) is 2.72. The summed E-state index contributed by atoms with van der Waals surface area (Å²) in [6.07, 6.45) is 5.42. The van der Waals surface area contributed by atoms with Gasteiger partial charge in [-0.1, -0.05) is 20.3 Å². The number of anilines is 2. The van der Waals surface area contributed by atoms with Gasteiger partial charge in [0, 0.05) is 24.4 Å². The Morgan fingerprint density at radius 1 is 1.41 bits per heavy atom. The number of hydrogen-bond acceptors (Lipinski definition) is 5. The Hall–Kier alpha value is -1.36. The molecule has 5 nitrogen and oxygen atoms in total. The fraction of sp³-hybridized carbons (Fsp3) is 0.667. The van der Waals surface area contributed by atoms with Crippen molar-refractivity contribution >= 4 is 11.8 Å². The van der Waals surface area contributed by atoms with E-state index in [4.69, 9.17) is 10.8 Å². The van der Waals surface area contributed by atoms with Gasteiger partial charge in [0.15, 0.2) is 0 Å². The topological polar surface area (TPSA) is 84.1 Å². The van der Waals surface area contributed by atoms with E-state index in [1.807, 2.05) is 0 Å². The summed E-state index contributed by atoms with van der Waals surface area (Å²) in [5.74, 6) is 1.08. The van der Waals surface area contributed by atoms with E-state index in [-0.39, 0.29) is 18.6 Å². The van der Waals surface area contributed by atoms with Gasteiger partial charge in [-0.15, -0.1) is 0 Å². The highest BCUT2D eigenvalue weighted by Crippen LogP contribution is 2.17. The average molecular weight is 238 g/mol. The summed E-state index contributed by atoms with van der Waals surface area (Å²) in [4.78, 5) is 8.21. The van der Waals surface area contributed by atoms with Crippen LogP contribution in [0.3, 0.4) is 0 Å². The lowest BCUT2D eigenvalue weighted by molar-refractivity contribution is 0.276. The van der Waals surface area contributed by atoms with Gasteiger partial charge in [-0.25, -0.2) is 4.98 Å². The monoisotopic (exact) mass is 238 g/mol. The number of aromatic nitrogens is 2. The molecule has 1 heterocycles.